The summed E-state index contributed by atoms with van der Waals surface area (Å²) < 4.78 is 0. The average molecular weight is 168 g/mol. The van der Waals surface area contributed by atoms with Crippen LogP contribution in [0.1, 0.15) is 26.2 Å². The lowest BCUT2D eigenvalue weighted by Gasteiger charge is -2.43. The molecule has 0 aromatic heterocycles. The topological polar surface area (TPSA) is 6.48 Å². The molecule has 0 radical (unpaired) electrons. The third-order valence-corrected chi connectivity index (χ3v) is 3.37. The fourth-order valence-electron chi connectivity index (χ4n) is 2.51. The standard InChI is InChI=1S/C10H20N2/c1-2-11-7-8-12-6-4-3-5-10(12)9-11/h10H,2-9H2,1H3/t10-/m1/s1. The largest absolute Gasteiger partial charge is 0.301 e. The summed E-state index contributed by atoms with van der Waals surface area (Å²) >= 11 is 0. The predicted molar refractivity (Wildman–Crippen MR) is 51.3 cm³/mol. The second-order valence-electron chi connectivity index (χ2n) is 4.08. The van der Waals surface area contributed by atoms with Crippen molar-refractivity contribution in [2.45, 2.75) is 32.2 Å². The van der Waals surface area contributed by atoms with E-state index in [4.69, 9.17) is 0 Å². The fraction of sp³-hybridized carbons (Fsp3) is 1.00. The van der Waals surface area contributed by atoms with E-state index in [0.717, 1.165) is 6.04 Å². The maximum absolute atomic E-state index is 2.69. The smallest absolute Gasteiger partial charge is 0.0223 e. The summed E-state index contributed by atoms with van der Waals surface area (Å²) in [5, 5.41) is 0. The highest BCUT2D eigenvalue weighted by molar-refractivity contribution is 4.84. The zero-order chi connectivity index (χ0) is 8.39. The van der Waals surface area contributed by atoms with Crippen LogP contribution in [0.15, 0.2) is 0 Å². The van der Waals surface area contributed by atoms with Gasteiger partial charge in [-0.2, -0.15) is 0 Å². The van der Waals surface area contributed by atoms with Crippen LogP contribution in [-0.2, 0) is 0 Å². The summed E-state index contributed by atoms with van der Waals surface area (Å²) in [5.41, 5.74) is 0. The SMILES string of the molecule is CCN1CCN2CCCC[C@@H]2C1. The summed E-state index contributed by atoms with van der Waals surface area (Å²) in [5.74, 6) is 0. The molecule has 0 saturated carbocycles. The van der Waals surface area contributed by atoms with E-state index in [-0.39, 0.29) is 0 Å². The second-order valence-corrected chi connectivity index (χ2v) is 4.08. The van der Waals surface area contributed by atoms with Gasteiger partial charge in [0, 0.05) is 25.7 Å². The number of nitrogens with zero attached hydrogens (tertiary/aromatic N) is 2. The summed E-state index contributed by atoms with van der Waals surface area (Å²) in [4.78, 5) is 5.28. The zero-order valence-corrected chi connectivity index (χ0v) is 8.13. The minimum absolute atomic E-state index is 0.896. The Labute approximate surface area is 75.5 Å². The van der Waals surface area contributed by atoms with Gasteiger partial charge in [0.25, 0.3) is 0 Å². The molecule has 0 spiro atoms. The highest BCUT2D eigenvalue weighted by Crippen LogP contribution is 2.20. The van der Waals surface area contributed by atoms with Crippen molar-refractivity contribution in [1.29, 1.82) is 0 Å². The fourth-order valence-corrected chi connectivity index (χ4v) is 2.51. The Kier molecular flexibility index (Phi) is 2.66. The number of hydrogen-bond donors (Lipinski definition) is 0. The van der Waals surface area contributed by atoms with Crippen molar-refractivity contribution in [3.8, 4) is 0 Å². The third-order valence-electron chi connectivity index (χ3n) is 3.37. The summed E-state index contributed by atoms with van der Waals surface area (Å²) in [6, 6.07) is 0.896. The van der Waals surface area contributed by atoms with Crippen molar-refractivity contribution in [1.82, 2.24) is 9.80 Å². The molecule has 2 fully saturated rings. The highest BCUT2D eigenvalue weighted by atomic mass is 15.3. The van der Waals surface area contributed by atoms with Gasteiger partial charge in [0.2, 0.25) is 0 Å². The van der Waals surface area contributed by atoms with Gasteiger partial charge in [0.1, 0.15) is 0 Å². The van der Waals surface area contributed by atoms with Crippen LogP contribution in [0, 0.1) is 0 Å². The Morgan fingerprint density at radius 1 is 1.17 bits per heavy atom. The first-order valence-corrected chi connectivity index (χ1v) is 5.36. The van der Waals surface area contributed by atoms with Crippen LogP contribution in [0.25, 0.3) is 0 Å². The monoisotopic (exact) mass is 168 g/mol. The minimum atomic E-state index is 0.896. The number of piperazine rings is 1. The van der Waals surface area contributed by atoms with Crippen LogP contribution in [0.3, 0.4) is 0 Å². The van der Waals surface area contributed by atoms with Crippen LogP contribution in [-0.4, -0.2) is 48.6 Å². The highest BCUT2D eigenvalue weighted by Gasteiger charge is 2.27. The summed E-state index contributed by atoms with van der Waals surface area (Å²) in [6.45, 7) is 8.83. The van der Waals surface area contributed by atoms with Crippen LogP contribution >= 0.6 is 0 Å². The molecule has 0 unspecified atom stereocenters. The normalized spacial score (nSPS) is 33.2. The third kappa shape index (κ3) is 1.64. The Hall–Kier alpha value is -0.0800. The van der Waals surface area contributed by atoms with Crippen molar-refractivity contribution in [3.63, 3.8) is 0 Å². The molecule has 0 bridgehead atoms. The van der Waals surface area contributed by atoms with Gasteiger partial charge in [-0.05, 0) is 25.9 Å². The lowest BCUT2D eigenvalue weighted by Crippen LogP contribution is -2.54. The quantitative estimate of drug-likeness (QED) is 0.580. The molecule has 0 amide bonds. The molecule has 2 aliphatic rings. The van der Waals surface area contributed by atoms with Crippen molar-refractivity contribution in [2.24, 2.45) is 0 Å². The van der Waals surface area contributed by atoms with E-state index in [0.29, 0.717) is 0 Å². The molecule has 0 aromatic rings. The second kappa shape index (κ2) is 3.75. The Morgan fingerprint density at radius 3 is 2.92 bits per heavy atom. The predicted octanol–water partition coefficient (Wildman–Crippen LogP) is 1.18. The van der Waals surface area contributed by atoms with Crippen LogP contribution in [0.2, 0.25) is 0 Å². The van der Waals surface area contributed by atoms with Crippen LogP contribution in [0.5, 0.6) is 0 Å². The van der Waals surface area contributed by atoms with Gasteiger partial charge in [0.05, 0.1) is 0 Å². The summed E-state index contributed by atoms with van der Waals surface area (Å²) in [6.07, 6.45) is 4.33. The van der Waals surface area contributed by atoms with E-state index in [1.54, 1.807) is 0 Å². The molecule has 0 aliphatic carbocycles. The van der Waals surface area contributed by atoms with E-state index in [1.807, 2.05) is 0 Å². The molecule has 2 nitrogen and oxygen atoms in total. The molecule has 2 heterocycles. The average Bonchev–Trinajstić information content (AvgIpc) is 2.17. The molecule has 0 N–H and O–H groups in total. The van der Waals surface area contributed by atoms with Crippen molar-refractivity contribution in [2.75, 3.05) is 32.7 Å². The van der Waals surface area contributed by atoms with Gasteiger partial charge in [-0.25, -0.2) is 0 Å². The van der Waals surface area contributed by atoms with Gasteiger partial charge < -0.3 is 4.90 Å². The Morgan fingerprint density at radius 2 is 2.08 bits per heavy atom. The van der Waals surface area contributed by atoms with Gasteiger partial charge >= 0.3 is 0 Å². The van der Waals surface area contributed by atoms with Gasteiger partial charge in [0.15, 0.2) is 0 Å². The van der Waals surface area contributed by atoms with E-state index >= 15 is 0 Å². The molecule has 2 rings (SSSR count). The maximum atomic E-state index is 2.69. The Bertz CT molecular complexity index is 147. The number of rotatable bonds is 1. The molecule has 2 aliphatic heterocycles. The first-order valence-electron chi connectivity index (χ1n) is 5.36. The zero-order valence-electron chi connectivity index (χ0n) is 8.13. The summed E-state index contributed by atoms with van der Waals surface area (Å²) in [7, 11) is 0. The molecule has 2 heteroatoms. The van der Waals surface area contributed by atoms with Crippen LogP contribution < -0.4 is 0 Å². The molecule has 1 atom stereocenters. The molecular formula is C10H20N2. The number of fused-ring (bicyclic) bond motifs is 1. The number of likely N-dealkylation sites (N-methyl/N-ethyl adjacent to an activating group) is 1. The number of piperidine rings is 1. The lowest BCUT2D eigenvalue weighted by molar-refractivity contribution is 0.0522. The maximum Gasteiger partial charge on any atom is 0.0223 e. The molecule has 2 saturated heterocycles. The van der Waals surface area contributed by atoms with Crippen molar-refractivity contribution >= 4 is 0 Å². The minimum Gasteiger partial charge on any atom is -0.301 e. The van der Waals surface area contributed by atoms with Gasteiger partial charge in [-0.15, -0.1) is 0 Å². The Balaban J connectivity index is 1.90. The first-order chi connectivity index (χ1) is 5.90. The van der Waals surface area contributed by atoms with E-state index in [1.165, 1.54) is 52.0 Å². The molecule has 12 heavy (non-hydrogen) atoms. The molecule has 70 valence electrons. The first kappa shape index (κ1) is 8.52. The van der Waals surface area contributed by atoms with E-state index in [9.17, 15) is 0 Å². The molecule has 0 aromatic carbocycles. The van der Waals surface area contributed by atoms with Crippen molar-refractivity contribution in [3.05, 3.63) is 0 Å². The van der Waals surface area contributed by atoms with Crippen molar-refractivity contribution < 1.29 is 0 Å². The lowest BCUT2D eigenvalue weighted by atomic mass is 10.00. The van der Waals surface area contributed by atoms with Crippen LogP contribution in [0.4, 0.5) is 0 Å². The molecular weight excluding hydrogens is 148 g/mol. The van der Waals surface area contributed by atoms with E-state index < -0.39 is 0 Å². The van der Waals surface area contributed by atoms with Gasteiger partial charge in [-0.3, -0.25) is 4.90 Å². The number of hydrogen-bond acceptors (Lipinski definition) is 2. The van der Waals surface area contributed by atoms with E-state index in [2.05, 4.69) is 16.7 Å². The van der Waals surface area contributed by atoms with Gasteiger partial charge in [-0.1, -0.05) is 13.3 Å².